The zero-order chi connectivity index (χ0) is 29.8. The van der Waals surface area contributed by atoms with E-state index in [2.05, 4.69) is 10.1 Å². The SMILES string of the molecule is CCCc1nc(C(C)F)c(-c2ccc(OC(C)C)cc2)c(=O)n1Cc1ccc(-c2ccccc2-c2noc(=O)[nH]2)cc1.[KH]. The fraction of sp³-hybridized carbons (Fsp3) is 0.273. The summed E-state index contributed by atoms with van der Waals surface area (Å²) in [6.45, 7) is 7.57. The molecule has 0 saturated carbocycles. The Balaban J connectivity index is 0.00000423. The van der Waals surface area contributed by atoms with E-state index in [9.17, 15) is 14.0 Å². The van der Waals surface area contributed by atoms with Gasteiger partial charge < -0.3 is 4.74 Å². The molecule has 0 aliphatic rings. The Morgan fingerprint density at radius 3 is 2.16 bits per heavy atom. The molecule has 0 spiro atoms. The Labute approximate surface area is 291 Å². The second-order valence-electron chi connectivity index (χ2n) is 10.4. The number of halogens is 1. The van der Waals surface area contributed by atoms with Gasteiger partial charge in [-0.25, -0.2) is 14.2 Å². The third kappa shape index (κ3) is 7.50. The molecule has 0 amide bonds. The molecule has 5 aromatic rings. The molecule has 5 rings (SSSR count). The van der Waals surface area contributed by atoms with E-state index in [1.807, 2.05) is 69.3 Å². The predicted molar refractivity (Wildman–Crippen MR) is 167 cm³/mol. The van der Waals surface area contributed by atoms with Gasteiger partial charge in [0.15, 0.2) is 5.82 Å². The molecule has 3 aromatic carbocycles. The Kier molecular flexibility index (Phi) is 11.1. The molecule has 0 fully saturated rings. The molecular formula is C33H34FKN4O4. The maximum absolute atomic E-state index is 14.9. The van der Waals surface area contributed by atoms with Crippen LogP contribution in [-0.4, -0.2) is 77.2 Å². The van der Waals surface area contributed by atoms with Crippen molar-refractivity contribution in [1.82, 2.24) is 19.7 Å². The number of H-pyrrole nitrogens is 1. The summed E-state index contributed by atoms with van der Waals surface area (Å²) in [5, 5.41) is 3.83. The number of hydrogen-bond donors (Lipinski definition) is 1. The fourth-order valence-electron chi connectivity index (χ4n) is 4.99. The number of ether oxygens (including phenoxy) is 1. The Hall–Kier alpha value is -3.15. The minimum absolute atomic E-state index is 0. The third-order valence-electron chi connectivity index (χ3n) is 6.87. The van der Waals surface area contributed by atoms with Crippen LogP contribution in [0, 0.1) is 0 Å². The van der Waals surface area contributed by atoms with E-state index >= 15 is 0 Å². The van der Waals surface area contributed by atoms with Crippen LogP contribution >= 0.6 is 0 Å². The number of nitrogens with one attached hydrogen (secondary N) is 1. The standard InChI is InChI=1S/C33H33FN4O4.K.H/c1-5-8-28-35-30(21(4)34)29(24-15-17-25(18-16-24)41-20(2)3)32(39)38(28)19-22-11-13-23(14-12-22)26-9-6-7-10-27(26)31-36-33(40)42-37-31;;/h6-7,9-18,20-21H,5,8,19H2,1-4H3,(H,36,37,40);;. The van der Waals surface area contributed by atoms with Gasteiger partial charge in [0, 0.05) is 12.0 Å². The summed E-state index contributed by atoms with van der Waals surface area (Å²) in [4.78, 5) is 32.8. The molecule has 43 heavy (non-hydrogen) atoms. The van der Waals surface area contributed by atoms with Crippen LogP contribution in [0.1, 0.15) is 57.4 Å². The van der Waals surface area contributed by atoms with E-state index in [0.29, 0.717) is 29.4 Å². The van der Waals surface area contributed by atoms with Gasteiger partial charge in [0.2, 0.25) is 0 Å². The van der Waals surface area contributed by atoms with Gasteiger partial charge in [-0.05, 0) is 61.6 Å². The number of hydrogen-bond acceptors (Lipinski definition) is 6. The summed E-state index contributed by atoms with van der Waals surface area (Å²) >= 11 is 0. The second-order valence-corrected chi connectivity index (χ2v) is 10.4. The summed E-state index contributed by atoms with van der Waals surface area (Å²) in [5.41, 5.74) is 4.11. The van der Waals surface area contributed by atoms with Crippen molar-refractivity contribution in [2.24, 2.45) is 0 Å². The van der Waals surface area contributed by atoms with Crippen LogP contribution in [0.25, 0.3) is 33.6 Å². The molecule has 0 aliphatic heterocycles. The first-order valence-corrected chi connectivity index (χ1v) is 14.0. The van der Waals surface area contributed by atoms with Crippen molar-refractivity contribution in [2.45, 2.75) is 59.4 Å². The van der Waals surface area contributed by atoms with Gasteiger partial charge in [0.1, 0.15) is 17.7 Å². The summed E-state index contributed by atoms with van der Waals surface area (Å²) in [7, 11) is 0. The molecule has 1 atom stereocenters. The van der Waals surface area contributed by atoms with Crippen molar-refractivity contribution in [3.8, 4) is 39.4 Å². The number of nitrogens with zero attached hydrogens (tertiary/aromatic N) is 3. The number of aromatic nitrogens is 4. The first-order chi connectivity index (χ1) is 20.2. The Morgan fingerprint density at radius 1 is 0.930 bits per heavy atom. The van der Waals surface area contributed by atoms with E-state index in [0.717, 1.165) is 28.7 Å². The van der Waals surface area contributed by atoms with Crippen molar-refractivity contribution in [1.29, 1.82) is 0 Å². The number of aromatic amines is 1. The van der Waals surface area contributed by atoms with Crippen LogP contribution in [0.5, 0.6) is 5.75 Å². The average molecular weight is 609 g/mol. The van der Waals surface area contributed by atoms with Crippen LogP contribution in [0.4, 0.5) is 4.39 Å². The molecule has 2 aromatic heterocycles. The van der Waals surface area contributed by atoms with E-state index in [4.69, 9.17) is 14.2 Å². The molecule has 0 bridgehead atoms. The summed E-state index contributed by atoms with van der Waals surface area (Å²) in [5.74, 6) is 0.954. The molecule has 0 aliphatic carbocycles. The van der Waals surface area contributed by atoms with Crippen molar-refractivity contribution < 1.29 is 13.7 Å². The number of aryl methyl sites for hydroxylation is 1. The summed E-state index contributed by atoms with van der Waals surface area (Å²) in [6.07, 6.45) is -0.107. The quantitative estimate of drug-likeness (QED) is 0.193. The molecule has 218 valence electrons. The first-order valence-electron chi connectivity index (χ1n) is 14.0. The van der Waals surface area contributed by atoms with Gasteiger partial charge >= 0.3 is 57.1 Å². The van der Waals surface area contributed by atoms with Gasteiger partial charge in [0.25, 0.3) is 5.56 Å². The van der Waals surface area contributed by atoms with Gasteiger partial charge in [0.05, 0.1) is 23.9 Å². The molecule has 2 heterocycles. The van der Waals surface area contributed by atoms with Crippen LogP contribution in [0.3, 0.4) is 0 Å². The van der Waals surface area contributed by atoms with Crippen molar-refractivity contribution in [2.75, 3.05) is 0 Å². The number of benzene rings is 3. The van der Waals surface area contributed by atoms with Gasteiger partial charge in [-0.1, -0.05) is 72.7 Å². The number of rotatable bonds is 10. The molecule has 10 heteroatoms. The average Bonchev–Trinajstić information content (AvgIpc) is 3.41. The van der Waals surface area contributed by atoms with Crippen molar-refractivity contribution >= 4 is 51.4 Å². The molecular weight excluding hydrogens is 574 g/mol. The van der Waals surface area contributed by atoms with E-state index in [1.54, 1.807) is 28.8 Å². The molecule has 1 unspecified atom stereocenters. The zero-order valence-electron chi connectivity index (χ0n) is 24.1. The van der Waals surface area contributed by atoms with E-state index in [-0.39, 0.29) is 80.8 Å². The minimum atomic E-state index is -1.41. The normalized spacial score (nSPS) is 11.8. The van der Waals surface area contributed by atoms with Crippen LogP contribution in [-0.2, 0) is 13.0 Å². The predicted octanol–water partition coefficient (Wildman–Crippen LogP) is 6.09. The van der Waals surface area contributed by atoms with Crippen molar-refractivity contribution in [3.63, 3.8) is 0 Å². The topological polar surface area (TPSA) is 103 Å². The molecule has 0 radical (unpaired) electrons. The molecule has 8 nitrogen and oxygen atoms in total. The Morgan fingerprint density at radius 2 is 1.58 bits per heavy atom. The zero-order valence-corrected chi connectivity index (χ0v) is 24.1. The van der Waals surface area contributed by atoms with Gasteiger partial charge in [-0.15, -0.1) is 0 Å². The maximum atomic E-state index is 14.9. The molecule has 0 saturated heterocycles. The van der Waals surface area contributed by atoms with Crippen LogP contribution < -0.4 is 16.1 Å². The second kappa shape index (κ2) is 14.5. The summed E-state index contributed by atoms with van der Waals surface area (Å²) < 4.78 is 27.0. The third-order valence-corrected chi connectivity index (χ3v) is 6.87. The van der Waals surface area contributed by atoms with E-state index < -0.39 is 11.9 Å². The number of alkyl halides is 1. The van der Waals surface area contributed by atoms with Crippen LogP contribution in [0.15, 0.2) is 86.9 Å². The monoisotopic (exact) mass is 608 g/mol. The Bertz CT molecular complexity index is 1790. The van der Waals surface area contributed by atoms with Gasteiger partial charge in [-0.3, -0.25) is 18.9 Å². The van der Waals surface area contributed by atoms with Crippen molar-refractivity contribution in [3.05, 3.63) is 111 Å². The van der Waals surface area contributed by atoms with E-state index in [1.165, 1.54) is 6.92 Å². The fourth-order valence-corrected chi connectivity index (χ4v) is 4.99. The summed E-state index contributed by atoms with van der Waals surface area (Å²) in [6, 6.07) is 22.5. The molecule has 1 N–H and O–H groups in total. The van der Waals surface area contributed by atoms with Gasteiger partial charge in [-0.2, -0.15) is 0 Å². The first kappa shape index (κ1) is 32.8. The van der Waals surface area contributed by atoms with Crippen LogP contribution in [0.2, 0.25) is 0 Å².